The number of carbonyl (C=O) groups excluding carboxylic acids is 1. The van der Waals surface area contributed by atoms with Gasteiger partial charge in [-0.25, -0.2) is 9.36 Å². The Morgan fingerprint density at radius 1 is 1.03 bits per heavy atom. The summed E-state index contributed by atoms with van der Waals surface area (Å²) in [5, 5.41) is 16.1. The van der Waals surface area contributed by atoms with Crippen LogP contribution in [0.4, 0.5) is 5.82 Å². The second kappa shape index (κ2) is 7.13. The molecule has 154 valence electrons. The lowest BCUT2D eigenvalue weighted by Crippen LogP contribution is -2.27. The minimum absolute atomic E-state index is 0.125. The molecule has 0 spiro atoms. The van der Waals surface area contributed by atoms with E-state index in [0.717, 1.165) is 16.9 Å². The third-order valence-electron chi connectivity index (χ3n) is 4.71. The van der Waals surface area contributed by atoms with Crippen LogP contribution < -0.4 is 5.32 Å². The van der Waals surface area contributed by atoms with E-state index in [-0.39, 0.29) is 16.9 Å². The van der Waals surface area contributed by atoms with E-state index in [1.54, 1.807) is 4.68 Å². The molecule has 0 radical (unpaired) electrons. The monoisotopic (exact) mass is 394 g/mol. The van der Waals surface area contributed by atoms with Crippen molar-refractivity contribution in [1.82, 2.24) is 24.8 Å². The number of nitrogens with zero attached hydrogens (tertiary/aromatic N) is 5. The highest BCUT2D eigenvalue weighted by atomic mass is 16.2. The van der Waals surface area contributed by atoms with Gasteiger partial charge in [0.15, 0.2) is 5.69 Å². The quantitative estimate of drug-likeness (QED) is 0.715. The molecule has 1 N–H and O–H groups in total. The van der Waals surface area contributed by atoms with Crippen molar-refractivity contribution in [2.24, 2.45) is 0 Å². The Hall–Kier alpha value is -2.96. The van der Waals surface area contributed by atoms with Crippen molar-refractivity contribution >= 4 is 11.7 Å². The van der Waals surface area contributed by atoms with Crippen molar-refractivity contribution in [3.8, 4) is 5.69 Å². The molecule has 0 fully saturated rings. The Kier molecular flexibility index (Phi) is 5.11. The maximum Gasteiger partial charge on any atom is 0.279 e. The summed E-state index contributed by atoms with van der Waals surface area (Å²) in [6.07, 6.45) is 0. The zero-order valence-electron chi connectivity index (χ0n) is 18.5. The first kappa shape index (κ1) is 20.8. The van der Waals surface area contributed by atoms with Gasteiger partial charge in [0.25, 0.3) is 5.91 Å². The first-order chi connectivity index (χ1) is 13.4. The van der Waals surface area contributed by atoms with Gasteiger partial charge < -0.3 is 5.32 Å². The van der Waals surface area contributed by atoms with Crippen LogP contribution in [-0.2, 0) is 11.0 Å². The summed E-state index contributed by atoms with van der Waals surface area (Å²) in [6, 6.07) is 9.86. The van der Waals surface area contributed by atoms with E-state index in [1.807, 2.05) is 48.9 Å². The molecule has 1 aromatic carbocycles. The van der Waals surface area contributed by atoms with E-state index in [2.05, 4.69) is 57.2 Å². The van der Waals surface area contributed by atoms with Crippen LogP contribution in [0.1, 0.15) is 69.0 Å². The number of hydrogen-bond acceptors (Lipinski definition) is 4. The number of aromatic nitrogens is 5. The fraction of sp³-hybridized carbons (Fsp3) is 0.455. The van der Waals surface area contributed by atoms with Crippen LogP contribution in [-0.4, -0.2) is 30.7 Å². The van der Waals surface area contributed by atoms with Crippen LogP contribution >= 0.6 is 0 Å². The van der Waals surface area contributed by atoms with Crippen molar-refractivity contribution in [2.75, 3.05) is 5.32 Å². The molecule has 2 aromatic heterocycles. The molecule has 3 aromatic rings. The molecule has 29 heavy (non-hydrogen) atoms. The Morgan fingerprint density at radius 3 is 2.31 bits per heavy atom. The predicted molar refractivity (Wildman–Crippen MR) is 115 cm³/mol. The van der Waals surface area contributed by atoms with Crippen LogP contribution in [0.2, 0.25) is 0 Å². The first-order valence-corrected chi connectivity index (χ1v) is 9.79. The van der Waals surface area contributed by atoms with Crippen LogP contribution in [0.25, 0.3) is 5.69 Å². The topological polar surface area (TPSA) is 77.6 Å². The van der Waals surface area contributed by atoms with Crippen molar-refractivity contribution < 1.29 is 4.79 Å². The summed E-state index contributed by atoms with van der Waals surface area (Å²) >= 11 is 0. The van der Waals surface area contributed by atoms with Gasteiger partial charge in [0.2, 0.25) is 0 Å². The molecule has 7 nitrogen and oxygen atoms in total. The third-order valence-corrected chi connectivity index (χ3v) is 4.71. The Labute approximate surface area is 172 Å². The molecule has 3 rings (SSSR count). The number of amides is 1. The first-order valence-electron chi connectivity index (χ1n) is 9.79. The van der Waals surface area contributed by atoms with Crippen molar-refractivity contribution in [2.45, 2.75) is 66.3 Å². The molecule has 1 amide bonds. The van der Waals surface area contributed by atoms with Gasteiger partial charge in [0, 0.05) is 11.5 Å². The zero-order chi connectivity index (χ0) is 21.6. The van der Waals surface area contributed by atoms with Gasteiger partial charge in [0.1, 0.15) is 5.82 Å². The number of aryl methyl sites for hydroxylation is 1. The van der Waals surface area contributed by atoms with Gasteiger partial charge in [-0.2, -0.15) is 5.10 Å². The van der Waals surface area contributed by atoms with Crippen molar-refractivity contribution in [3.05, 3.63) is 53.0 Å². The lowest BCUT2D eigenvalue weighted by Gasteiger charge is -2.22. The summed E-state index contributed by atoms with van der Waals surface area (Å²) in [5.41, 5.74) is 3.50. The minimum atomic E-state index is -0.299. The van der Waals surface area contributed by atoms with E-state index >= 15 is 0 Å². The molecule has 0 atom stereocenters. The van der Waals surface area contributed by atoms with E-state index in [4.69, 9.17) is 5.10 Å². The SMILES string of the molecule is Cc1cccc(-n2nnc(C(=O)Nc3cc(C(C)(C)C)nn3C(C)(C)C)c2C)c1. The summed E-state index contributed by atoms with van der Waals surface area (Å²) in [6.45, 7) is 16.3. The third kappa shape index (κ3) is 4.23. The number of nitrogens with one attached hydrogen (secondary N) is 1. The fourth-order valence-electron chi connectivity index (χ4n) is 3.07. The summed E-state index contributed by atoms with van der Waals surface area (Å²) in [7, 11) is 0. The molecular formula is C22H30N6O. The number of carbonyl (C=O) groups is 1. The highest BCUT2D eigenvalue weighted by molar-refractivity contribution is 6.03. The standard InChI is InChI=1S/C22H30N6O/c1-14-10-9-11-16(12-14)27-15(2)19(24-26-27)20(29)23-18-13-17(21(3,4)5)25-28(18)22(6,7)8/h9-13H,1-8H3,(H,23,29). The molecule has 0 bridgehead atoms. The molecular weight excluding hydrogens is 364 g/mol. The number of rotatable bonds is 3. The van der Waals surface area contributed by atoms with Gasteiger partial charge in [-0.15, -0.1) is 5.10 Å². The van der Waals surface area contributed by atoms with Gasteiger partial charge in [0.05, 0.1) is 22.6 Å². The Balaban J connectivity index is 1.95. The van der Waals surface area contributed by atoms with Crippen LogP contribution in [0, 0.1) is 13.8 Å². The average Bonchev–Trinajstić information content (AvgIpc) is 3.18. The zero-order valence-corrected chi connectivity index (χ0v) is 18.5. The molecule has 2 heterocycles. The maximum absolute atomic E-state index is 13.0. The number of benzene rings is 1. The van der Waals surface area contributed by atoms with Gasteiger partial charge in [-0.05, 0) is 52.3 Å². The molecule has 7 heteroatoms. The molecule has 0 saturated heterocycles. The lowest BCUT2D eigenvalue weighted by molar-refractivity contribution is 0.102. The highest BCUT2D eigenvalue weighted by Crippen LogP contribution is 2.28. The number of anilines is 1. The Morgan fingerprint density at radius 2 is 1.72 bits per heavy atom. The maximum atomic E-state index is 13.0. The van der Waals surface area contributed by atoms with Crippen LogP contribution in [0.15, 0.2) is 30.3 Å². The summed E-state index contributed by atoms with van der Waals surface area (Å²) in [5.74, 6) is 0.351. The number of hydrogen-bond donors (Lipinski definition) is 1. The second-order valence-corrected chi connectivity index (χ2v) is 9.48. The average molecular weight is 395 g/mol. The van der Waals surface area contributed by atoms with Crippen molar-refractivity contribution in [1.29, 1.82) is 0 Å². The predicted octanol–water partition coefficient (Wildman–Crippen LogP) is 4.39. The van der Waals surface area contributed by atoms with Gasteiger partial charge in [-0.3, -0.25) is 4.79 Å². The smallest absolute Gasteiger partial charge is 0.279 e. The van der Waals surface area contributed by atoms with Gasteiger partial charge >= 0.3 is 0 Å². The Bertz CT molecular complexity index is 1050. The highest BCUT2D eigenvalue weighted by Gasteiger charge is 2.27. The van der Waals surface area contributed by atoms with Gasteiger partial charge in [-0.1, -0.05) is 38.1 Å². The van der Waals surface area contributed by atoms with E-state index in [0.29, 0.717) is 17.2 Å². The molecule has 0 aliphatic rings. The van der Waals surface area contributed by atoms with E-state index in [1.165, 1.54) is 0 Å². The van der Waals surface area contributed by atoms with Crippen LogP contribution in [0.5, 0.6) is 0 Å². The largest absolute Gasteiger partial charge is 0.305 e. The fourth-order valence-corrected chi connectivity index (χ4v) is 3.07. The summed E-state index contributed by atoms with van der Waals surface area (Å²) < 4.78 is 3.54. The molecule has 0 saturated carbocycles. The molecule has 0 aliphatic heterocycles. The second-order valence-electron chi connectivity index (χ2n) is 9.48. The van der Waals surface area contributed by atoms with Crippen LogP contribution in [0.3, 0.4) is 0 Å². The molecule has 0 unspecified atom stereocenters. The summed E-state index contributed by atoms with van der Waals surface area (Å²) in [4.78, 5) is 13.0. The molecule has 0 aliphatic carbocycles. The van der Waals surface area contributed by atoms with E-state index in [9.17, 15) is 4.79 Å². The lowest BCUT2D eigenvalue weighted by atomic mass is 9.92. The minimum Gasteiger partial charge on any atom is -0.305 e. The van der Waals surface area contributed by atoms with E-state index < -0.39 is 0 Å². The normalized spacial score (nSPS) is 12.3. The van der Waals surface area contributed by atoms with Crippen molar-refractivity contribution in [3.63, 3.8) is 0 Å².